The van der Waals surface area contributed by atoms with Gasteiger partial charge in [-0.05, 0) is 41.6 Å². The molecule has 0 aliphatic carbocycles. The van der Waals surface area contributed by atoms with Gasteiger partial charge in [-0.25, -0.2) is 4.39 Å². The molecule has 1 heterocycles. The van der Waals surface area contributed by atoms with Crippen molar-refractivity contribution in [2.24, 2.45) is 0 Å². The minimum absolute atomic E-state index is 0.162. The summed E-state index contributed by atoms with van der Waals surface area (Å²) in [4.78, 5) is 25.0. The highest BCUT2D eigenvalue weighted by atomic mass is 127. The lowest BCUT2D eigenvalue weighted by atomic mass is 10.2. The molecule has 1 unspecified atom stereocenters. The first-order valence-corrected chi connectivity index (χ1v) is 6.63. The second-order valence-corrected chi connectivity index (χ2v) is 5.18. The molecule has 1 fully saturated rings. The van der Waals surface area contributed by atoms with Crippen LogP contribution in [0.3, 0.4) is 0 Å². The lowest BCUT2D eigenvalue weighted by Gasteiger charge is -2.23. The molecule has 1 N–H and O–H groups in total. The van der Waals surface area contributed by atoms with Crippen molar-refractivity contribution in [3.8, 4) is 0 Å². The molecule has 0 spiro atoms. The van der Waals surface area contributed by atoms with Crippen LogP contribution in [0.4, 0.5) is 10.1 Å². The zero-order valence-electron chi connectivity index (χ0n) is 9.74. The molecule has 1 aliphatic heterocycles. The van der Waals surface area contributed by atoms with Crippen LogP contribution in [0.15, 0.2) is 18.2 Å². The number of nitrogens with zero attached hydrogens (tertiary/aromatic N) is 1. The number of hydrogen-bond acceptors (Lipinski definition) is 2. The van der Waals surface area contributed by atoms with Gasteiger partial charge in [0, 0.05) is 13.0 Å². The summed E-state index contributed by atoms with van der Waals surface area (Å²) >= 11 is 1.87. The van der Waals surface area contributed by atoms with Crippen molar-refractivity contribution in [3.63, 3.8) is 0 Å². The van der Waals surface area contributed by atoms with Crippen molar-refractivity contribution in [1.82, 2.24) is 5.32 Å². The summed E-state index contributed by atoms with van der Waals surface area (Å²) in [6.07, 6.45) is 0.225. The predicted octanol–water partition coefficient (Wildman–Crippen LogP) is 1.67. The molecule has 1 aromatic rings. The molecular weight excluding hydrogens is 350 g/mol. The number of carbonyl (C=O) groups excluding carboxylic acids is 2. The fourth-order valence-electron chi connectivity index (χ4n) is 1.87. The molecule has 0 radical (unpaired) electrons. The molecule has 0 saturated carbocycles. The molecule has 1 saturated heterocycles. The zero-order valence-corrected chi connectivity index (χ0v) is 11.9. The highest BCUT2D eigenvalue weighted by Crippen LogP contribution is 2.26. The van der Waals surface area contributed by atoms with Crippen LogP contribution in [0, 0.1) is 9.39 Å². The van der Waals surface area contributed by atoms with Gasteiger partial charge in [-0.2, -0.15) is 0 Å². The second-order valence-electron chi connectivity index (χ2n) is 4.10. The third-order valence-electron chi connectivity index (χ3n) is 2.80. The van der Waals surface area contributed by atoms with E-state index in [0.29, 0.717) is 9.26 Å². The average molecular weight is 362 g/mol. The van der Waals surface area contributed by atoms with Gasteiger partial charge in [0.05, 0.1) is 9.26 Å². The second kappa shape index (κ2) is 5.21. The quantitative estimate of drug-likeness (QED) is 0.773. The molecule has 1 aromatic carbocycles. The Bertz CT molecular complexity index is 507. The van der Waals surface area contributed by atoms with E-state index in [1.165, 1.54) is 11.0 Å². The normalized spacial score (nSPS) is 20.6. The number of nitrogens with one attached hydrogen (secondary N) is 1. The number of benzene rings is 1. The predicted molar refractivity (Wildman–Crippen MR) is 73.7 cm³/mol. The first-order chi connectivity index (χ1) is 8.50. The van der Waals surface area contributed by atoms with E-state index >= 15 is 0 Å². The van der Waals surface area contributed by atoms with Crippen LogP contribution in [-0.2, 0) is 9.59 Å². The summed E-state index contributed by atoms with van der Waals surface area (Å²) < 4.78 is 13.9. The fraction of sp³-hybridized carbons (Fsp3) is 0.333. The van der Waals surface area contributed by atoms with Crippen molar-refractivity contribution >= 4 is 40.1 Å². The average Bonchev–Trinajstić information content (AvgIpc) is 2.44. The van der Waals surface area contributed by atoms with Crippen LogP contribution in [0.1, 0.15) is 13.3 Å². The lowest BCUT2D eigenvalue weighted by molar-refractivity contribution is -0.125. The van der Waals surface area contributed by atoms with E-state index in [2.05, 4.69) is 5.32 Å². The van der Waals surface area contributed by atoms with Gasteiger partial charge in [0.1, 0.15) is 11.9 Å². The maximum Gasteiger partial charge on any atom is 0.249 e. The Morgan fingerprint density at radius 1 is 1.44 bits per heavy atom. The number of amides is 2. The Balaban J connectivity index is 2.39. The summed E-state index contributed by atoms with van der Waals surface area (Å²) in [5.41, 5.74) is 0.518. The van der Waals surface area contributed by atoms with E-state index in [4.69, 9.17) is 0 Å². The Hall–Kier alpha value is -1.18. The van der Waals surface area contributed by atoms with Gasteiger partial charge in [-0.15, -0.1) is 0 Å². The van der Waals surface area contributed by atoms with Gasteiger partial charge >= 0.3 is 0 Å². The summed E-state index contributed by atoms with van der Waals surface area (Å²) in [5.74, 6) is -0.744. The van der Waals surface area contributed by atoms with Crippen molar-refractivity contribution in [2.75, 3.05) is 11.4 Å². The monoisotopic (exact) mass is 362 g/mol. The molecule has 2 rings (SSSR count). The van der Waals surface area contributed by atoms with E-state index in [0.717, 1.165) is 0 Å². The molecule has 6 heteroatoms. The Labute approximate surface area is 118 Å². The Kier molecular flexibility index (Phi) is 3.84. The van der Waals surface area contributed by atoms with Crippen molar-refractivity contribution in [1.29, 1.82) is 0 Å². The van der Waals surface area contributed by atoms with Crippen LogP contribution in [0.25, 0.3) is 0 Å². The first-order valence-electron chi connectivity index (χ1n) is 5.55. The van der Waals surface area contributed by atoms with E-state index in [-0.39, 0.29) is 30.6 Å². The minimum Gasteiger partial charge on any atom is -0.345 e. The Morgan fingerprint density at radius 2 is 2.17 bits per heavy atom. The molecule has 0 bridgehead atoms. The highest BCUT2D eigenvalue weighted by Gasteiger charge is 2.28. The topological polar surface area (TPSA) is 49.4 Å². The molecule has 0 aromatic heterocycles. The van der Waals surface area contributed by atoms with Crippen LogP contribution >= 0.6 is 22.6 Å². The number of carbonyl (C=O) groups is 2. The fourth-order valence-corrected chi connectivity index (χ4v) is 2.52. The number of hydrogen-bond donors (Lipinski definition) is 1. The first kappa shape index (κ1) is 13.3. The number of halogens is 2. The van der Waals surface area contributed by atoms with Crippen molar-refractivity contribution < 1.29 is 14.0 Å². The molecular formula is C12H12FIN2O2. The van der Waals surface area contributed by atoms with Crippen molar-refractivity contribution in [2.45, 2.75) is 19.4 Å². The minimum atomic E-state index is -0.584. The zero-order chi connectivity index (χ0) is 13.3. The maximum atomic E-state index is 13.5. The van der Waals surface area contributed by atoms with E-state index in [1.807, 2.05) is 22.6 Å². The van der Waals surface area contributed by atoms with Gasteiger partial charge in [-0.3, -0.25) is 9.59 Å². The molecule has 2 amide bonds. The summed E-state index contributed by atoms with van der Waals surface area (Å²) in [5, 5.41) is 2.60. The van der Waals surface area contributed by atoms with Gasteiger partial charge in [-0.1, -0.05) is 6.07 Å². The van der Waals surface area contributed by atoms with Crippen LogP contribution < -0.4 is 10.2 Å². The standard InChI is InChI=1S/C12H12FIN2O2/c1-7-12(18)16(6-5-10(17)15-7)9-4-2-3-8(13)11(9)14/h2-4,7H,5-6H2,1H3,(H,15,17). The number of anilines is 1. The largest absolute Gasteiger partial charge is 0.345 e. The van der Waals surface area contributed by atoms with Gasteiger partial charge in [0.15, 0.2) is 0 Å². The molecule has 1 atom stereocenters. The molecule has 4 nitrogen and oxygen atoms in total. The Morgan fingerprint density at radius 3 is 2.89 bits per heavy atom. The van der Waals surface area contributed by atoms with Crippen molar-refractivity contribution in [3.05, 3.63) is 27.6 Å². The van der Waals surface area contributed by atoms with Gasteiger partial charge in [0.25, 0.3) is 0 Å². The molecule has 1 aliphatic rings. The van der Waals surface area contributed by atoms with E-state index in [1.54, 1.807) is 19.1 Å². The lowest BCUT2D eigenvalue weighted by Crippen LogP contribution is -2.43. The summed E-state index contributed by atoms with van der Waals surface area (Å²) in [6.45, 7) is 1.90. The van der Waals surface area contributed by atoms with Crippen LogP contribution in [0.2, 0.25) is 0 Å². The third kappa shape index (κ3) is 2.47. The van der Waals surface area contributed by atoms with E-state index in [9.17, 15) is 14.0 Å². The van der Waals surface area contributed by atoms with Crippen LogP contribution in [-0.4, -0.2) is 24.4 Å². The SMILES string of the molecule is CC1NC(=O)CCN(c2cccc(F)c2I)C1=O. The summed E-state index contributed by atoms with van der Waals surface area (Å²) in [6, 6.07) is 4.01. The highest BCUT2D eigenvalue weighted by molar-refractivity contribution is 14.1. The third-order valence-corrected chi connectivity index (χ3v) is 3.87. The van der Waals surface area contributed by atoms with Gasteiger partial charge in [0.2, 0.25) is 11.8 Å². The number of rotatable bonds is 1. The van der Waals surface area contributed by atoms with Crippen LogP contribution in [0.5, 0.6) is 0 Å². The maximum absolute atomic E-state index is 13.5. The smallest absolute Gasteiger partial charge is 0.249 e. The molecule has 96 valence electrons. The molecule has 18 heavy (non-hydrogen) atoms. The van der Waals surface area contributed by atoms with Gasteiger partial charge < -0.3 is 10.2 Å². The van der Waals surface area contributed by atoms with E-state index < -0.39 is 6.04 Å². The summed E-state index contributed by atoms with van der Waals surface area (Å²) in [7, 11) is 0.